The molecule has 8 rings (SSSR count). The summed E-state index contributed by atoms with van der Waals surface area (Å²) < 4.78 is 64.4. The first-order valence-corrected chi connectivity index (χ1v) is 26.9. The number of nitrogens with zero attached hydrogens (tertiary/aromatic N) is 4. The fourth-order valence-electron chi connectivity index (χ4n) is 8.63. The molecule has 4 atom stereocenters. The second kappa shape index (κ2) is 20.8. The Morgan fingerprint density at radius 3 is 1.31 bits per heavy atom. The van der Waals surface area contributed by atoms with Crippen molar-refractivity contribution in [2.45, 2.75) is 103 Å². The molecule has 2 aliphatic rings. The summed E-state index contributed by atoms with van der Waals surface area (Å²) in [6.07, 6.45) is 3.44. The van der Waals surface area contributed by atoms with Crippen LogP contribution in [0.2, 0.25) is 0 Å². The molecule has 14 nitrogen and oxygen atoms in total. The minimum Gasteiger partial charge on any atom is -0.493 e. The van der Waals surface area contributed by atoms with Crippen molar-refractivity contribution >= 4 is 31.2 Å². The molecule has 2 N–H and O–H groups in total. The van der Waals surface area contributed by atoms with Gasteiger partial charge in [-0.05, 0) is 115 Å². The average Bonchev–Trinajstić information content (AvgIpc) is 3.98. The predicted octanol–water partition coefficient (Wildman–Crippen LogP) is 8.50. The number of hydrogen-bond acceptors (Lipinski definition) is 12. The summed E-state index contributed by atoms with van der Waals surface area (Å²) in [6.45, 7) is 15.9. The molecule has 16 heteroatoms. The number of aliphatic hydroxyl groups excluding tert-OH is 2. The van der Waals surface area contributed by atoms with Crippen molar-refractivity contribution in [2.24, 2.45) is 11.8 Å². The number of hydrogen-bond donors (Lipinski definition) is 2. The standard InChI is InChI=1S/2C27H32N2O5S/c2*1-5-29-20(12-13-28-29)14-19-16-34-25-15-18(10-11-23(25)26(19)31)21-8-6-7-9-22(21)24(30)17-35(32,33)27(2,3)4/h2*6-13,15,19,26,31H,5,14,16-17H2,1-4H3/t2*19-,26+/m10/s1. The smallest absolute Gasteiger partial charge is 0.178 e. The summed E-state index contributed by atoms with van der Waals surface area (Å²) in [5, 5.41) is 30.7. The lowest BCUT2D eigenvalue weighted by molar-refractivity contribution is 0.0496. The number of fused-ring (bicyclic) bond motifs is 2. The second-order valence-electron chi connectivity index (χ2n) is 19.9. The summed E-state index contributed by atoms with van der Waals surface area (Å²) in [5.74, 6) is -1.06. The summed E-state index contributed by atoms with van der Waals surface area (Å²) in [7, 11) is -7.22. The van der Waals surface area contributed by atoms with Crippen molar-refractivity contribution in [1.29, 1.82) is 0 Å². The minimum atomic E-state index is -3.61. The number of ketones is 2. The van der Waals surface area contributed by atoms with Crippen LogP contribution in [0.3, 0.4) is 0 Å². The molecular weight excluding hydrogens is 929 g/mol. The average molecular weight is 993 g/mol. The Kier molecular flexibility index (Phi) is 15.4. The van der Waals surface area contributed by atoms with E-state index in [0.29, 0.717) is 70.9 Å². The Bertz CT molecular complexity index is 2880. The number of aryl methyl sites for hydroxylation is 2. The minimum absolute atomic E-state index is 0.105. The molecule has 372 valence electrons. The molecule has 0 saturated heterocycles. The highest BCUT2D eigenvalue weighted by atomic mass is 32.2. The van der Waals surface area contributed by atoms with E-state index in [9.17, 15) is 36.6 Å². The van der Waals surface area contributed by atoms with Crippen molar-refractivity contribution in [1.82, 2.24) is 19.6 Å². The Morgan fingerprint density at radius 1 is 0.586 bits per heavy atom. The van der Waals surface area contributed by atoms with Crippen molar-refractivity contribution in [3.63, 3.8) is 0 Å². The van der Waals surface area contributed by atoms with E-state index in [4.69, 9.17) is 9.47 Å². The SMILES string of the molecule is CCn1nccc1C[C@@H]1COc2cc(-c3ccccc3C(=O)CS(=O)(=O)C(C)(C)C)ccc2[C@H]1O.CCn1nccc1C[C@H]1COc2cc(-c3ccccc3C(=O)CS(=O)(=O)C(C)(C)C)ccc2[C@@H]1O. The van der Waals surface area contributed by atoms with E-state index in [1.165, 1.54) is 0 Å². The third kappa shape index (κ3) is 11.1. The molecule has 2 aromatic heterocycles. The van der Waals surface area contributed by atoms with E-state index >= 15 is 0 Å². The number of rotatable bonds is 14. The second-order valence-corrected chi connectivity index (χ2v) is 25.4. The van der Waals surface area contributed by atoms with Gasteiger partial charge in [0.25, 0.3) is 0 Å². The highest BCUT2D eigenvalue weighted by Crippen LogP contribution is 2.42. The van der Waals surface area contributed by atoms with Gasteiger partial charge in [-0.1, -0.05) is 72.8 Å². The zero-order chi connectivity index (χ0) is 50.8. The van der Waals surface area contributed by atoms with Gasteiger partial charge in [-0.25, -0.2) is 16.8 Å². The maximum absolute atomic E-state index is 13.0. The van der Waals surface area contributed by atoms with Gasteiger partial charge < -0.3 is 19.7 Å². The largest absolute Gasteiger partial charge is 0.493 e. The monoisotopic (exact) mass is 992 g/mol. The van der Waals surface area contributed by atoms with Gasteiger partial charge in [0, 0.05) is 71.0 Å². The number of aromatic nitrogens is 4. The van der Waals surface area contributed by atoms with Crippen LogP contribution in [0.5, 0.6) is 11.5 Å². The molecule has 0 aliphatic carbocycles. The van der Waals surface area contributed by atoms with Gasteiger partial charge in [0.2, 0.25) is 0 Å². The van der Waals surface area contributed by atoms with E-state index in [2.05, 4.69) is 10.2 Å². The number of benzene rings is 4. The Hall–Kier alpha value is -5.94. The van der Waals surface area contributed by atoms with E-state index < -0.39 is 64.4 Å². The van der Waals surface area contributed by atoms with Gasteiger partial charge >= 0.3 is 0 Å². The van der Waals surface area contributed by atoms with E-state index in [-0.39, 0.29) is 11.8 Å². The van der Waals surface area contributed by atoms with Gasteiger partial charge in [-0.3, -0.25) is 19.0 Å². The van der Waals surface area contributed by atoms with E-state index in [1.54, 1.807) is 90.3 Å². The van der Waals surface area contributed by atoms with Crippen LogP contribution in [0.1, 0.15) is 111 Å². The fourth-order valence-corrected chi connectivity index (χ4v) is 10.5. The number of aliphatic hydroxyl groups is 2. The summed E-state index contributed by atoms with van der Waals surface area (Å²) >= 11 is 0. The molecule has 6 aromatic rings. The molecule has 4 aromatic carbocycles. The van der Waals surface area contributed by atoms with E-state index in [0.717, 1.165) is 35.6 Å². The maximum atomic E-state index is 13.0. The molecule has 2 aliphatic heterocycles. The van der Waals surface area contributed by atoms with Crippen LogP contribution >= 0.6 is 0 Å². The zero-order valence-corrected chi connectivity index (χ0v) is 42.8. The lowest BCUT2D eigenvalue weighted by atomic mass is 9.88. The molecular formula is C54H64N4O10S2. The number of sulfone groups is 2. The van der Waals surface area contributed by atoms with Gasteiger partial charge in [0.15, 0.2) is 31.2 Å². The molecule has 4 heterocycles. The quantitative estimate of drug-likeness (QED) is 0.0989. The number of Topliss-reactive ketones (excluding diaryl/α,β-unsaturated/α-hetero) is 2. The van der Waals surface area contributed by atoms with Crippen LogP contribution in [-0.2, 0) is 45.6 Å². The lowest BCUT2D eigenvalue weighted by Crippen LogP contribution is -2.33. The van der Waals surface area contributed by atoms with Gasteiger partial charge in [0.1, 0.15) is 23.0 Å². The molecule has 0 fully saturated rings. The lowest BCUT2D eigenvalue weighted by Gasteiger charge is -2.31. The molecule has 0 radical (unpaired) electrons. The molecule has 70 heavy (non-hydrogen) atoms. The number of ether oxygens (including phenoxy) is 2. The normalized spacial score (nSPS) is 18.1. The van der Waals surface area contributed by atoms with Gasteiger partial charge in [-0.2, -0.15) is 10.2 Å². The van der Waals surface area contributed by atoms with Crippen molar-refractivity contribution in [2.75, 3.05) is 24.7 Å². The summed E-state index contributed by atoms with van der Waals surface area (Å²) in [6, 6.07) is 28.9. The van der Waals surface area contributed by atoms with Gasteiger partial charge in [-0.15, -0.1) is 0 Å². The number of carbonyl (C=O) groups is 2. The number of carbonyl (C=O) groups excluding carboxylic acids is 2. The molecule has 0 amide bonds. The van der Waals surface area contributed by atoms with Crippen LogP contribution < -0.4 is 9.47 Å². The highest BCUT2D eigenvalue weighted by molar-refractivity contribution is 7.93. The summed E-state index contributed by atoms with van der Waals surface area (Å²) in [4.78, 5) is 26.1. The van der Waals surface area contributed by atoms with E-state index in [1.807, 2.05) is 83.9 Å². The van der Waals surface area contributed by atoms with Crippen molar-refractivity contribution in [3.8, 4) is 33.8 Å². The van der Waals surface area contributed by atoms with Crippen molar-refractivity contribution < 1.29 is 46.1 Å². The Morgan fingerprint density at radius 2 is 0.957 bits per heavy atom. The Balaban J connectivity index is 0.000000206. The third-order valence-corrected chi connectivity index (χ3v) is 18.2. The van der Waals surface area contributed by atoms with Crippen molar-refractivity contribution in [3.05, 3.63) is 143 Å². The molecule has 0 saturated carbocycles. The predicted molar refractivity (Wildman–Crippen MR) is 271 cm³/mol. The first kappa shape index (κ1) is 51.9. The highest BCUT2D eigenvalue weighted by Gasteiger charge is 2.35. The zero-order valence-electron chi connectivity index (χ0n) is 41.1. The van der Waals surface area contributed by atoms with Crippen LogP contribution in [-0.4, -0.2) is 92.4 Å². The maximum Gasteiger partial charge on any atom is 0.178 e. The van der Waals surface area contributed by atoms with Crippen LogP contribution in [0.25, 0.3) is 22.3 Å². The van der Waals surface area contributed by atoms with Crippen LogP contribution in [0.4, 0.5) is 0 Å². The Labute approximate surface area is 411 Å². The third-order valence-electron chi connectivity index (χ3n) is 13.2. The van der Waals surface area contributed by atoms with Crippen LogP contribution in [0, 0.1) is 11.8 Å². The molecule has 0 spiro atoms. The fraction of sp³-hybridized carbons (Fsp3) is 0.407. The first-order chi connectivity index (χ1) is 33.0. The van der Waals surface area contributed by atoms with Gasteiger partial charge in [0.05, 0.1) is 34.9 Å². The first-order valence-electron chi connectivity index (χ1n) is 23.6. The van der Waals surface area contributed by atoms with Crippen LogP contribution in [0.15, 0.2) is 109 Å². The molecule has 0 unspecified atom stereocenters. The summed E-state index contributed by atoms with van der Waals surface area (Å²) in [5.41, 5.74) is 6.94. The topological polar surface area (TPSA) is 197 Å². The molecule has 0 bridgehead atoms.